The van der Waals surface area contributed by atoms with E-state index in [1.165, 1.54) is 45.2 Å². The fraction of sp³-hybridized carbons (Fsp3) is 0.438. The fourth-order valence-corrected chi connectivity index (χ4v) is 3.19. The predicted octanol–water partition coefficient (Wildman–Crippen LogP) is 1.99. The molecule has 1 N–H and O–H groups in total. The summed E-state index contributed by atoms with van der Waals surface area (Å²) in [5.41, 5.74) is 0.415. The van der Waals surface area contributed by atoms with Crippen LogP contribution in [0.1, 0.15) is 16.8 Å². The third kappa shape index (κ3) is 4.56. The smallest absolute Gasteiger partial charge is 0.340 e. The number of esters is 1. The van der Waals surface area contributed by atoms with E-state index in [9.17, 15) is 14.4 Å². The van der Waals surface area contributed by atoms with E-state index in [0.717, 1.165) is 5.75 Å². The van der Waals surface area contributed by atoms with Gasteiger partial charge in [0.2, 0.25) is 5.91 Å². The number of carbonyl (C=O) groups excluding carboxylic acids is 3. The molecule has 1 heterocycles. The molecule has 25 heavy (non-hydrogen) atoms. The number of amides is 2. The highest BCUT2D eigenvalue weighted by molar-refractivity contribution is 8.13. The molecule has 1 aromatic carbocycles. The number of nitrogens with one attached hydrogen (secondary N) is 1. The van der Waals surface area contributed by atoms with Crippen LogP contribution in [0.4, 0.5) is 10.5 Å². The van der Waals surface area contributed by atoms with Crippen LogP contribution in [-0.2, 0) is 9.53 Å². The monoisotopic (exact) mass is 368 g/mol. The molecule has 1 fully saturated rings. The van der Waals surface area contributed by atoms with Gasteiger partial charge in [-0.2, -0.15) is 0 Å². The summed E-state index contributed by atoms with van der Waals surface area (Å²) in [5, 5.41) is 2.65. The Labute approximate surface area is 149 Å². The van der Waals surface area contributed by atoms with Crippen molar-refractivity contribution in [2.45, 2.75) is 6.42 Å². The van der Waals surface area contributed by atoms with Gasteiger partial charge in [-0.05, 0) is 0 Å². The van der Waals surface area contributed by atoms with E-state index in [4.69, 9.17) is 14.2 Å². The van der Waals surface area contributed by atoms with Gasteiger partial charge in [-0.3, -0.25) is 9.59 Å². The van der Waals surface area contributed by atoms with Crippen LogP contribution in [-0.4, -0.2) is 62.2 Å². The Hall–Kier alpha value is -2.42. The molecule has 0 saturated carbocycles. The van der Waals surface area contributed by atoms with Gasteiger partial charge in [-0.25, -0.2) is 4.79 Å². The van der Waals surface area contributed by atoms with Gasteiger partial charge in [-0.15, -0.1) is 0 Å². The Morgan fingerprint density at radius 3 is 2.44 bits per heavy atom. The standard InChI is InChI=1S/C16H20N2O6S/c1-22-12-8-10(15(20)24-3)11(9-13(12)23-2)17-14(19)4-5-18-6-7-25-16(18)21/h8-9H,4-7H2,1-3H3,(H,17,19). The molecule has 0 atom stereocenters. The molecule has 136 valence electrons. The van der Waals surface area contributed by atoms with Gasteiger partial charge in [-0.1, -0.05) is 11.8 Å². The first-order valence-corrected chi connectivity index (χ1v) is 8.54. The number of methoxy groups -OCH3 is 3. The number of ether oxygens (including phenoxy) is 3. The summed E-state index contributed by atoms with van der Waals surface area (Å²) in [4.78, 5) is 37.4. The Bertz CT molecular complexity index is 679. The largest absolute Gasteiger partial charge is 0.493 e. The molecule has 2 rings (SSSR count). The number of hydrogen-bond acceptors (Lipinski definition) is 7. The van der Waals surface area contributed by atoms with Crippen molar-refractivity contribution in [2.75, 3.05) is 45.5 Å². The lowest BCUT2D eigenvalue weighted by atomic mass is 10.1. The summed E-state index contributed by atoms with van der Waals surface area (Å²) in [7, 11) is 4.15. The SMILES string of the molecule is COC(=O)c1cc(OC)c(OC)cc1NC(=O)CCN1CCSC1=O. The van der Waals surface area contributed by atoms with Crippen LogP contribution in [0.3, 0.4) is 0 Å². The predicted molar refractivity (Wildman–Crippen MR) is 93.6 cm³/mol. The Morgan fingerprint density at radius 1 is 1.20 bits per heavy atom. The molecule has 9 heteroatoms. The van der Waals surface area contributed by atoms with Crippen molar-refractivity contribution in [3.05, 3.63) is 17.7 Å². The van der Waals surface area contributed by atoms with Crippen molar-refractivity contribution in [2.24, 2.45) is 0 Å². The highest BCUT2D eigenvalue weighted by Gasteiger charge is 2.23. The van der Waals surface area contributed by atoms with E-state index in [2.05, 4.69) is 5.32 Å². The van der Waals surface area contributed by atoms with Crippen LogP contribution in [0.25, 0.3) is 0 Å². The molecule has 0 radical (unpaired) electrons. The lowest BCUT2D eigenvalue weighted by Gasteiger charge is -2.16. The van der Waals surface area contributed by atoms with Gasteiger partial charge in [0.05, 0.1) is 32.6 Å². The minimum Gasteiger partial charge on any atom is -0.493 e. The second-order valence-electron chi connectivity index (χ2n) is 5.14. The van der Waals surface area contributed by atoms with Crippen LogP contribution in [0.15, 0.2) is 12.1 Å². The molecule has 0 spiro atoms. The summed E-state index contributed by atoms with van der Waals surface area (Å²) in [6.45, 7) is 0.971. The van der Waals surface area contributed by atoms with E-state index in [1.807, 2.05) is 0 Å². The normalized spacial score (nSPS) is 13.6. The molecular formula is C16H20N2O6S. The topological polar surface area (TPSA) is 94.2 Å². The molecule has 0 unspecified atom stereocenters. The maximum Gasteiger partial charge on any atom is 0.340 e. The lowest BCUT2D eigenvalue weighted by molar-refractivity contribution is -0.116. The summed E-state index contributed by atoms with van der Waals surface area (Å²) >= 11 is 1.24. The number of hydrogen-bond donors (Lipinski definition) is 1. The number of carbonyl (C=O) groups is 3. The zero-order valence-electron chi connectivity index (χ0n) is 14.3. The van der Waals surface area contributed by atoms with Crippen molar-refractivity contribution in [1.29, 1.82) is 0 Å². The first-order valence-electron chi connectivity index (χ1n) is 7.56. The number of thioether (sulfide) groups is 1. The molecule has 0 aromatic heterocycles. The number of benzene rings is 1. The van der Waals surface area contributed by atoms with E-state index in [-0.39, 0.29) is 28.8 Å². The Morgan fingerprint density at radius 2 is 1.88 bits per heavy atom. The van der Waals surface area contributed by atoms with E-state index in [1.54, 1.807) is 4.90 Å². The first kappa shape index (κ1) is 18.9. The average molecular weight is 368 g/mol. The van der Waals surface area contributed by atoms with Crippen LogP contribution in [0.5, 0.6) is 11.5 Å². The van der Waals surface area contributed by atoms with Gasteiger partial charge in [0.25, 0.3) is 5.24 Å². The van der Waals surface area contributed by atoms with Crippen LogP contribution in [0.2, 0.25) is 0 Å². The quantitative estimate of drug-likeness (QED) is 0.736. The Balaban J connectivity index is 2.14. The van der Waals surface area contributed by atoms with Crippen LogP contribution < -0.4 is 14.8 Å². The van der Waals surface area contributed by atoms with Gasteiger partial charge in [0.1, 0.15) is 0 Å². The number of anilines is 1. The zero-order chi connectivity index (χ0) is 18.4. The molecule has 1 aliphatic rings. The van der Waals surface area contributed by atoms with Crippen molar-refractivity contribution < 1.29 is 28.6 Å². The third-order valence-electron chi connectivity index (χ3n) is 3.66. The van der Waals surface area contributed by atoms with Crippen LogP contribution >= 0.6 is 11.8 Å². The highest BCUT2D eigenvalue weighted by atomic mass is 32.2. The molecule has 0 bridgehead atoms. The molecule has 2 amide bonds. The zero-order valence-corrected chi connectivity index (χ0v) is 15.1. The second-order valence-corrected chi connectivity index (χ2v) is 6.19. The fourth-order valence-electron chi connectivity index (χ4n) is 2.34. The Kier molecular flexibility index (Phi) is 6.51. The maximum atomic E-state index is 12.2. The van der Waals surface area contributed by atoms with E-state index >= 15 is 0 Å². The van der Waals surface area contributed by atoms with Crippen LogP contribution in [0, 0.1) is 0 Å². The molecule has 0 aliphatic carbocycles. The molecular weight excluding hydrogens is 348 g/mol. The first-order chi connectivity index (χ1) is 12.0. The van der Waals surface area contributed by atoms with Crippen molar-refractivity contribution >= 4 is 34.6 Å². The molecule has 1 saturated heterocycles. The molecule has 1 aromatic rings. The van der Waals surface area contributed by atoms with Crippen molar-refractivity contribution in [3.8, 4) is 11.5 Å². The number of rotatable bonds is 7. The van der Waals surface area contributed by atoms with Gasteiger partial charge < -0.3 is 24.4 Å². The minimum absolute atomic E-state index is 0.0193. The second kappa shape index (κ2) is 8.61. The molecule has 1 aliphatic heterocycles. The minimum atomic E-state index is -0.609. The average Bonchev–Trinajstić information content (AvgIpc) is 3.03. The van der Waals surface area contributed by atoms with Gasteiger partial charge in [0, 0.05) is 37.4 Å². The van der Waals surface area contributed by atoms with Gasteiger partial charge in [0.15, 0.2) is 11.5 Å². The van der Waals surface area contributed by atoms with E-state index < -0.39 is 5.97 Å². The molecule has 8 nitrogen and oxygen atoms in total. The van der Waals surface area contributed by atoms with Crippen molar-refractivity contribution in [3.63, 3.8) is 0 Å². The summed E-state index contributed by atoms with van der Waals surface area (Å²) in [6.07, 6.45) is 0.126. The third-order valence-corrected chi connectivity index (χ3v) is 4.55. The van der Waals surface area contributed by atoms with Gasteiger partial charge >= 0.3 is 5.97 Å². The maximum absolute atomic E-state index is 12.2. The summed E-state index contributed by atoms with van der Waals surface area (Å²) in [6, 6.07) is 2.95. The highest BCUT2D eigenvalue weighted by Crippen LogP contribution is 2.33. The number of nitrogens with zero attached hydrogens (tertiary/aromatic N) is 1. The summed E-state index contributed by atoms with van der Waals surface area (Å²) < 4.78 is 15.1. The summed E-state index contributed by atoms with van der Waals surface area (Å²) in [5.74, 6) is 0.532. The van der Waals surface area contributed by atoms with E-state index in [0.29, 0.717) is 24.6 Å². The van der Waals surface area contributed by atoms with Crippen molar-refractivity contribution in [1.82, 2.24) is 4.90 Å². The lowest BCUT2D eigenvalue weighted by Crippen LogP contribution is -2.28.